The van der Waals surface area contributed by atoms with Gasteiger partial charge >= 0.3 is 0 Å². The molecule has 0 amide bonds. The molecule has 0 saturated carbocycles. The van der Waals surface area contributed by atoms with Gasteiger partial charge in [-0.2, -0.15) is 0 Å². The Kier molecular flexibility index (Phi) is 15.1. The van der Waals surface area contributed by atoms with Crippen LogP contribution >= 0.6 is 0 Å². The second-order valence-electron chi connectivity index (χ2n) is 13.5. The first-order chi connectivity index (χ1) is 25.2. The van der Waals surface area contributed by atoms with Gasteiger partial charge in [-0.15, -0.1) is 0 Å². The van der Waals surface area contributed by atoms with Gasteiger partial charge in [-0.05, 0) is 0 Å². The first kappa shape index (κ1) is 43.2. The molecule has 24 heteroatoms. The van der Waals surface area contributed by atoms with Gasteiger partial charge in [0.05, 0.1) is 32.5 Å². The van der Waals surface area contributed by atoms with Crippen LogP contribution in [0.15, 0.2) is 0 Å². The third-order valence-corrected chi connectivity index (χ3v) is 9.97. The molecule has 53 heavy (non-hydrogen) atoms. The zero-order valence-electron chi connectivity index (χ0n) is 28.0. The highest BCUT2D eigenvalue weighted by Crippen LogP contribution is 2.34. The van der Waals surface area contributed by atoms with Crippen molar-refractivity contribution in [2.45, 2.75) is 141 Å². The van der Waals surface area contributed by atoms with E-state index in [1.807, 2.05) is 0 Å². The maximum Gasteiger partial charge on any atom is 0.187 e. The van der Waals surface area contributed by atoms with E-state index in [9.17, 15) is 76.6 Å². The van der Waals surface area contributed by atoms with Crippen molar-refractivity contribution in [2.24, 2.45) is 0 Å². The summed E-state index contributed by atoms with van der Waals surface area (Å²) in [5, 5.41) is 158. The molecular weight excluding hydrogens is 730 g/mol. The molecule has 310 valence electrons. The van der Waals surface area contributed by atoms with Crippen molar-refractivity contribution >= 4 is 0 Å². The first-order valence-corrected chi connectivity index (χ1v) is 17.0. The summed E-state index contributed by atoms with van der Waals surface area (Å²) in [4.78, 5) is 0. The summed E-state index contributed by atoms with van der Waals surface area (Å²) in [6.07, 6.45) is -39.2. The van der Waals surface area contributed by atoms with Gasteiger partial charge in [0.1, 0.15) is 110 Å². The van der Waals surface area contributed by atoms with E-state index >= 15 is 0 Å². The van der Waals surface area contributed by atoms with E-state index in [1.165, 1.54) is 0 Å². The second-order valence-corrected chi connectivity index (χ2v) is 13.5. The molecule has 5 heterocycles. The Morgan fingerprint density at radius 2 is 0.717 bits per heavy atom. The summed E-state index contributed by atoms with van der Waals surface area (Å²) >= 11 is 0. The van der Waals surface area contributed by atoms with Crippen LogP contribution in [0.5, 0.6) is 0 Å². The van der Waals surface area contributed by atoms with E-state index in [1.54, 1.807) is 0 Å². The Bertz CT molecular complexity index is 1120. The normalized spacial score (nSPS) is 52.7. The van der Waals surface area contributed by atoms with Crippen LogP contribution < -0.4 is 5.32 Å². The van der Waals surface area contributed by atoms with Crippen molar-refractivity contribution < 1.29 is 114 Å². The molecule has 23 atom stereocenters. The Morgan fingerprint density at radius 1 is 0.377 bits per heavy atom. The van der Waals surface area contributed by atoms with Gasteiger partial charge in [-0.1, -0.05) is 0 Å². The number of rotatable bonds is 12. The lowest BCUT2D eigenvalue weighted by Gasteiger charge is -2.49. The lowest BCUT2D eigenvalue weighted by Crippen LogP contribution is -2.67. The first-order valence-electron chi connectivity index (χ1n) is 17.0. The quantitative estimate of drug-likeness (QED) is 0.0874. The fraction of sp³-hybridized carbons (Fsp3) is 1.00. The molecule has 0 aromatic heterocycles. The Labute approximate surface area is 300 Å². The summed E-state index contributed by atoms with van der Waals surface area (Å²) < 4.78 is 44.3. The molecule has 0 aromatic carbocycles. The molecule has 24 nitrogen and oxygen atoms in total. The van der Waals surface area contributed by atoms with Crippen LogP contribution in [0.1, 0.15) is 0 Å². The predicted octanol–water partition coefficient (Wildman–Crippen LogP) is -11.0. The number of aliphatic hydroxyl groups is 15. The summed E-state index contributed by atoms with van der Waals surface area (Å²) in [6, 6.07) is 0. The Hall–Kier alpha value is -0.960. The van der Waals surface area contributed by atoms with Crippen LogP contribution in [0.25, 0.3) is 0 Å². The summed E-state index contributed by atoms with van der Waals surface area (Å²) in [5.74, 6) is 0. The minimum absolute atomic E-state index is 0.0510. The van der Waals surface area contributed by atoms with Gasteiger partial charge in [-0.25, -0.2) is 0 Å². The average Bonchev–Trinajstić information content (AvgIpc) is 3.15. The SMILES string of the molecule is OC[C@H]1O[C@H](O[C@H]2[C@H](O)[C@@H](O)[C@@H](O[C@H]3[C@H](O)[C@@H](O)[C@@H](O[C@H]4[C@H](O)[C@@H](O)[C@@H](O[C@@H]5CNC[C@H](O)[C@H]5O)O[C@@H]4CO)O[C@@H]3CO)O[C@@H]2CO)[C@H](O)[C@@H](O)[C@@H]1O. The molecule has 5 aliphatic heterocycles. The minimum atomic E-state index is -2.05. The molecule has 0 bridgehead atoms. The lowest BCUT2D eigenvalue weighted by atomic mass is 9.95. The second kappa shape index (κ2) is 18.5. The third-order valence-electron chi connectivity index (χ3n) is 9.97. The number of nitrogens with one attached hydrogen (secondary N) is 1. The lowest BCUT2D eigenvalue weighted by molar-refractivity contribution is -0.389. The maximum atomic E-state index is 11.1. The number of piperidine rings is 1. The van der Waals surface area contributed by atoms with Crippen molar-refractivity contribution in [3.8, 4) is 0 Å². The Morgan fingerprint density at radius 3 is 1.09 bits per heavy atom. The monoisotopic (exact) mass is 781 g/mol. The highest BCUT2D eigenvalue weighted by molar-refractivity contribution is 4.98. The van der Waals surface area contributed by atoms with Gasteiger partial charge in [0.25, 0.3) is 0 Å². The van der Waals surface area contributed by atoms with E-state index in [4.69, 9.17) is 37.9 Å². The number of β-amino-alcohol motifs (C(OH)–C–C–N with tert-alkyl or cyclic N) is 1. The van der Waals surface area contributed by atoms with Crippen LogP contribution in [-0.4, -0.2) is 257 Å². The van der Waals surface area contributed by atoms with Gasteiger partial charge in [-0.3, -0.25) is 0 Å². The van der Waals surface area contributed by atoms with Crippen LogP contribution in [0, 0.1) is 0 Å². The van der Waals surface area contributed by atoms with E-state index in [2.05, 4.69) is 5.32 Å². The highest BCUT2D eigenvalue weighted by atomic mass is 16.8. The molecular formula is C29H51NO23. The summed E-state index contributed by atoms with van der Waals surface area (Å²) in [6.45, 7) is -3.34. The van der Waals surface area contributed by atoms with Gasteiger partial charge < -0.3 is 120 Å². The van der Waals surface area contributed by atoms with Crippen LogP contribution in [0.3, 0.4) is 0 Å². The molecule has 0 spiro atoms. The molecule has 0 unspecified atom stereocenters. The molecule has 5 fully saturated rings. The summed E-state index contributed by atoms with van der Waals surface area (Å²) in [5.41, 5.74) is 0. The smallest absolute Gasteiger partial charge is 0.187 e. The third kappa shape index (κ3) is 8.96. The standard InChI is InChI=1S/C29H51NO23/c31-3-9-14(37)15(38)19(42)27(47-9)51-24-11(5-33)49-29(21(44)17(24)40)53-25-12(6-34)50-28(22(45)18(25)41)52-23-10(4-32)48-26(20(43)16(23)39)46-8-2-30-1-7(35)13(8)36/h7-45H,1-6H2/t7-,8+,9+,10+,11+,12+,13+,14+,15-,16+,17+,18+,19+,20+,21+,22+,23+,24+,25+,26-,27+,28+,29+/m0/s1. The average molecular weight is 782 g/mol. The topological polar surface area (TPSA) is 389 Å². The zero-order chi connectivity index (χ0) is 38.9. The fourth-order valence-corrected chi connectivity index (χ4v) is 6.81. The van der Waals surface area contributed by atoms with Gasteiger partial charge in [0, 0.05) is 13.1 Å². The van der Waals surface area contributed by atoms with E-state index in [0.717, 1.165) is 0 Å². The van der Waals surface area contributed by atoms with Crippen molar-refractivity contribution in [3.05, 3.63) is 0 Å². The van der Waals surface area contributed by atoms with E-state index in [0.29, 0.717) is 0 Å². The molecule has 0 aliphatic carbocycles. The predicted molar refractivity (Wildman–Crippen MR) is 161 cm³/mol. The highest BCUT2D eigenvalue weighted by Gasteiger charge is 2.55. The maximum absolute atomic E-state index is 11.1. The minimum Gasteiger partial charge on any atom is -0.394 e. The fourth-order valence-electron chi connectivity index (χ4n) is 6.81. The van der Waals surface area contributed by atoms with Gasteiger partial charge in [0.2, 0.25) is 0 Å². The number of ether oxygens (including phenoxy) is 8. The van der Waals surface area contributed by atoms with Crippen molar-refractivity contribution in [2.75, 3.05) is 39.5 Å². The number of hydrogen-bond donors (Lipinski definition) is 16. The zero-order valence-corrected chi connectivity index (χ0v) is 28.0. The molecule has 0 radical (unpaired) electrons. The molecule has 5 rings (SSSR count). The Balaban J connectivity index is 1.22. The number of hydrogen-bond acceptors (Lipinski definition) is 24. The van der Waals surface area contributed by atoms with Crippen molar-refractivity contribution in [3.63, 3.8) is 0 Å². The largest absolute Gasteiger partial charge is 0.394 e. The van der Waals surface area contributed by atoms with Crippen LogP contribution in [-0.2, 0) is 37.9 Å². The molecule has 16 N–H and O–H groups in total. The van der Waals surface area contributed by atoms with E-state index < -0.39 is 168 Å². The molecule has 5 aliphatic rings. The van der Waals surface area contributed by atoms with Crippen LogP contribution in [0.2, 0.25) is 0 Å². The summed E-state index contributed by atoms with van der Waals surface area (Å²) in [7, 11) is 0. The number of aliphatic hydroxyl groups excluding tert-OH is 15. The molecule has 5 saturated heterocycles. The van der Waals surface area contributed by atoms with E-state index in [-0.39, 0.29) is 13.1 Å². The van der Waals surface area contributed by atoms with Gasteiger partial charge in [0.15, 0.2) is 25.2 Å². The van der Waals surface area contributed by atoms with Crippen LogP contribution in [0.4, 0.5) is 0 Å². The molecule has 0 aromatic rings. The van der Waals surface area contributed by atoms with Crippen molar-refractivity contribution in [1.82, 2.24) is 5.32 Å². The van der Waals surface area contributed by atoms with Crippen molar-refractivity contribution in [1.29, 1.82) is 0 Å².